The van der Waals surface area contributed by atoms with Crippen molar-refractivity contribution in [1.82, 2.24) is 4.90 Å². The molecule has 2 heterocycles. The third-order valence-corrected chi connectivity index (χ3v) is 6.21. The van der Waals surface area contributed by atoms with E-state index in [2.05, 4.69) is 64.9 Å². The molecule has 0 radical (unpaired) electrons. The second-order valence-corrected chi connectivity index (χ2v) is 7.91. The first kappa shape index (κ1) is 18.4. The van der Waals surface area contributed by atoms with Crippen LogP contribution in [0.25, 0.3) is 11.1 Å². The first-order valence-electron chi connectivity index (χ1n) is 9.08. The van der Waals surface area contributed by atoms with E-state index in [1.165, 1.54) is 54.8 Å². The molecule has 1 atom stereocenters. The first-order chi connectivity index (χ1) is 11.9. The average molecular weight is 372 g/mol. The van der Waals surface area contributed by atoms with Crippen molar-refractivity contribution in [2.75, 3.05) is 19.6 Å². The Morgan fingerprint density at radius 1 is 1.00 bits per heavy atom. The number of nitrogens with zero attached hydrogens (tertiary/aromatic N) is 1. The van der Waals surface area contributed by atoms with E-state index in [0.29, 0.717) is 0 Å². The van der Waals surface area contributed by atoms with Crippen LogP contribution in [0.1, 0.15) is 36.1 Å². The lowest BCUT2D eigenvalue weighted by Crippen LogP contribution is -2.33. The fraction of sp³-hybridized carbons (Fsp3) is 0.364. The Kier molecular flexibility index (Phi) is 6.52. The highest BCUT2D eigenvalue weighted by atomic mass is 35.5. The average Bonchev–Trinajstić information content (AvgIpc) is 3.18. The first-order valence-corrected chi connectivity index (χ1v) is 9.96. The summed E-state index contributed by atoms with van der Waals surface area (Å²) in [6, 6.07) is 15.3. The van der Waals surface area contributed by atoms with Crippen molar-refractivity contribution in [2.24, 2.45) is 5.92 Å². The van der Waals surface area contributed by atoms with Crippen molar-refractivity contribution in [3.8, 4) is 0 Å². The van der Waals surface area contributed by atoms with Gasteiger partial charge in [0.05, 0.1) is 0 Å². The van der Waals surface area contributed by atoms with E-state index in [0.717, 1.165) is 12.5 Å². The lowest BCUT2D eigenvalue weighted by Gasteiger charge is -2.32. The van der Waals surface area contributed by atoms with Gasteiger partial charge in [0.2, 0.25) is 0 Å². The van der Waals surface area contributed by atoms with Crippen LogP contribution in [0.3, 0.4) is 0 Å². The van der Waals surface area contributed by atoms with Crippen LogP contribution in [-0.2, 0) is 0 Å². The Morgan fingerprint density at radius 2 is 1.88 bits per heavy atom. The van der Waals surface area contributed by atoms with Crippen LogP contribution in [0.5, 0.6) is 0 Å². The van der Waals surface area contributed by atoms with E-state index in [1.807, 2.05) is 11.3 Å². The molecule has 4 rings (SSSR count). The predicted octanol–water partition coefficient (Wildman–Crippen LogP) is 6.14. The van der Waals surface area contributed by atoms with Gasteiger partial charge in [0.15, 0.2) is 0 Å². The van der Waals surface area contributed by atoms with Gasteiger partial charge in [0.1, 0.15) is 0 Å². The summed E-state index contributed by atoms with van der Waals surface area (Å²) in [6.07, 6.45) is 9.94. The lowest BCUT2D eigenvalue weighted by atomic mass is 9.87. The molecule has 1 nitrogen and oxygen atoms in total. The Bertz CT molecular complexity index is 718. The van der Waals surface area contributed by atoms with Crippen LogP contribution in [0.4, 0.5) is 0 Å². The maximum absolute atomic E-state index is 2.65. The van der Waals surface area contributed by atoms with E-state index < -0.39 is 0 Å². The Morgan fingerprint density at radius 3 is 2.60 bits per heavy atom. The second-order valence-electron chi connectivity index (χ2n) is 6.96. The van der Waals surface area contributed by atoms with Crippen LogP contribution in [0.15, 0.2) is 60.0 Å². The molecule has 132 valence electrons. The van der Waals surface area contributed by atoms with Crippen LogP contribution in [0.2, 0.25) is 0 Å². The number of benzene rings is 1. The van der Waals surface area contributed by atoms with E-state index in [9.17, 15) is 0 Å². The molecule has 1 aromatic carbocycles. The topological polar surface area (TPSA) is 3.24 Å². The van der Waals surface area contributed by atoms with Gasteiger partial charge in [-0.3, -0.25) is 4.90 Å². The van der Waals surface area contributed by atoms with Gasteiger partial charge in [-0.05, 0) is 59.8 Å². The summed E-state index contributed by atoms with van der Waals surface area (Å²) in [6.45, 7) is 3.56. The van der Waals surface area contributed by atoms with Gasteiger partial charge in [-0.2, -0.15) is 0 Å². The fourth-order valence-corrected chi connectivity index (χ4v) is 4.74. The molecule has 25 heavy (non-hydrogen) atoms. The molecule has 0 amide bonds. The van der Waals surface area contributed by atoms with Crippen LogP contribution >= 0.6 is 23.7 Å². The third-order valence-electron chi connectivity index (χ3n) is 5.27. The highest BCUT2D eigenvalue weighted by Crippen LogP contribution is 2.34. The Labute approximate surface area is 161 Å². The van der Waals surface area contributed by atoms with Gasteiger partial charge < -0.3 is 0 Å². The zero-order chi connectivity index (χ0) is 16.2. The molecule has 0 fully saturated rings. The molecule has 1 unspecified atom stereocenters. The molecule has 0 N–H and O–H groups in total. The number of rotatable bonds is 4. The maximum Gasteiger partial charge on any atom is 0.0299 e. The van der Waals surface area contributed by atoms with Gasteiger partial charge in [-0.1, -0.05) is 48.6 Å². The molecule has 0 bridgehead atoms. The number of hydrogen-bond acceptors (Lipinski definition) is 2. The van der Waals surface area contributed by atoms with Crippen molar-refractivity contribution >= 4 is 34.9 Å². The molecular weight excluding hydrogens is 346 g/mol. The number of halogens is 1. The number of allylic oxidation sites excluding steroid dienone is 2. The molecule has 0 saturated carbocycles. The van der Waals surface area contributed by atoms with Gasteiger partial charge >= 0.3 is 0 Å². The van der Waals surface area contributed by atoms with Crippen LogP contribution in [-0.4, -0.2) is 24.5 Å². The summed E-state index contributed by atoms with van der Waals surface area (Å²) in [5.74, 6) is 0.818. The van der Waals surface area contributed by atoms with Crippen molar-refractivity contribution < 1.29 is 0 Å². The smallest absolute Gasteiger partial charge is 0.0299 e. The summed E-state index contributed by atoms with van der Waals surface area (Å²) in [7, 11) is 0. The Balaban J connectivity index is 0.00000182. The Hall–Kier alpha value is -1.35. The van der Waals surface area contributed by atoms with Crippen molar-refractivity contribution in [3.63, 3.8) is 0 Å². The van der Waals surface area contributed by atoms with Gasteiger partial charge in [0, 0.05) is 24.5 Å². The summed E-state index contributed by atoms with van der Waals surface area (Å²) >= 11 is 1.88. The zero-order valence-corrected chi connectivity index (χ0v) is 16.2. The summed E-state index contributed by atoms with van der Waals surface area (Å²) < 4.78 is 0. The van der Waals surface area contributed by atoms with Gasteiger partial charge in [-0.15, -0.1) is 23.7 Å². The largest absolute Gasteiger partial charge is 0.299 e. The monoisotopic (exact) mass is 371 g/mol. The minimum absolute atomic E-state index is 0. The van der Waals surface area contributed by atoms with Gasteiger partial charge in [-0.25, -0.2) is 0 Å². The highest BCUT2D eigenvalue weighted by molar-refractivity contribution is 7.11. The number of thiophene rings is 1. The minimum atomic E-state index is 0. The molecule has 0 spiro atoms. The van der Waals surface area contributed by atoms with Crippen LogP contribution in [0, 0.1) is 5.92 Å². The summed E-state index contributed by atoms with van der Waals surface area (Å²) in [4.78, 5) is 4.12. The third kappa shape index (κ3) is 4.63. The molecule has 0 saturated heterocycles. The fourth-order valence-electron chi connectivity index (χ4n) is 3.96. The highest BCUT2D eigenvalue weighted by Gasteiger charge is 2.21. The molecule has 2 aromatic rings. The van der Waals surface area contributed by atoms with Crippen LogP contribution < -0.4 is 0 Å². The maximum atomic E-state index is 2.65. The van der Waals surface area contributed by atoms with E-state index >= 15 is 0 Å². The minimum Gasteiger partial charge on any atom is -0.299 e. The molecular formula is C22H26ClNS. The molecule has 1 aromatic heterocycles. The summed E-state index contributed by atoms with van der Waals surface area (Å²) in [5, 5.41) is 2.19. The van der Waals surface area contributed by atoms with E-state index in [1.54, 1.807) is 5.57 Å². The standard InChI is InChI=1S/C22H25NS.ClH/c1-2-7-19(8-3-1)20-11-13-23(14-12-20)17-18-6-4-9-21(16-18)22-10-5-15-24-22;/h1-3,5,7-11,15,18H,4,6,12-14,16-17H2;1H. The SMILES string of the molecule is C1=C(c2ccccc2)CCN(CC2CCC=C(c3cccs3)C2)C1.Cl. The predicted molar refractivity (Wildman–Crippen MR) is 112 cm³/mol. The zero-order valence-electron chi connectivity index (χ0n) is 14.6. The van der Waals surface area contributed by atoms with Crippen molar-refractivity contribution in [3.05, 3.63) is 70.4 Å². The number of hydrogen-bond donors (Lipinski definition) is 0. The van der Waals surface area contributed by atoms with E-state index in [4.69, 9.17) is 0 Å². The van der Waals surface area contributed by atoms with Gasteiger partial charge in [0.25, 0.3) is 0 Å². The lowest BCUT2D eigenvalue weighted by molar-refractivity contribution is 0.244. The quantitative estimate of drug-likeness (QED) is 0.623. The van der Waals surface area contributed by atoms with Crippen molar-refractivity contribution in [2.45, 2.75) is 25.7 Å². The van der Waals surface area contributed by atoms with Crippen molar-refractivity contribution in [1.29, 1.82) is 0 Å². The normalized spacial score (nSPS) is 21.2. The molecule has 2 aliphatic rings. The molecule has 1 aliphatic heterocycles. The molecule has 1 aliphatic carbocycles. The summed E-state index contributed by atoms with van der Waals surface area (Å²) in [5.41, 5.74) is 4.51. The second kappa shape index (κ2) is 8.84. The molecule has 3 heteroatoms. The van der Waals surface area contributed by atoms with E-state index in [-0.39, 0.29) is 12.4 Å².